The Hall–Kier alpha value is -3.31. The molecular weight excluding hydrogens is 496 g/mol. The van der Waals surface area contributed by atoms with Gasteiger partial charge in [-0.2, -0.15) is 9.29 Å². The third-order valence-electron chi connectivity index (χ3n) is 7.50. The highest BCUT2D eigenvalue weighted by Gasteiger charge is 2.34. The second-order valence-corrected chi connectivity index (χ2v) is 11.6. The number of carbonyl (C=O) groups is 1. The summed E-state index contributed by atoms with van der Waals surface area (Å²) in [7, 11) is -2.67. The maximum atomic E-state index is 13.3. The first-order valence-corrected chi connectivity index (χ1v) is 14.0. The summed E-state index contributed by atoms with van der Waals surface area (Å²) in [5.41, 5.74) is 2.29. The number of ether oxygens (including phenoxy) is 1. The summed E-state index contributed by atoms with van der Waals surface area (Å²) in [6, 6.07) is 7.92. The first-order valence-electron chi connectivity index (χ1n) is 12.6. The quantitative estimate of drug-likeness (QED) is 0.484. The number of hydrogen-bond acceptors (Lipinski definition) is 8. The van der Waals surface area contributed by atoms with Gasteiger partial charge >= 0.3 is 5.97 Å². The summed E-state index contributed by atoms with van der Waals surface area (Å²) >= 11 is 0. The van der Waals surface area contributed by atoms with Crippen LogP contribution in [0.5, 0.6) is 0 Å². The van der Waals surface area contributed by atoms with Crippen LogP contribution >= 0.6 is 0 Å². The van der Waals surface area contributed by atoms with Crippen LogP contribution in [0.25, 0.3) is 11.4 Å². The highest BCUT2D eigenvalue weighted by Crippen LogP contribution is 2.32. The fourth-order valence-electron chi connectivity index (χ4n) is 5.26. The number of carbonyl (C=O) groups excluding carboxylic acids is 1. The predicted octanol–water partition coefficient (Wildman–Crippen LogP) is 3.29. The van der Waals surface area contributed by atoms with E-state index < -0.39 is 16.0 Å². The summed E-state index contributed by atoms with van der Waals surface area (Å²) in [6.45, 7) is 2.65. The summed E-state index contributed by atoms with van der Waals surface area (Å²) < 4.78 is 38.2. The number of aromatic amines is 1. The van der Waals surface area contributed by atoms with Crippen molar-refractivity contribution in [2.45, 2.75) is 56.3 Å². The van der Waals surface area contributed by atoms with E-state index in [-0.39, 0.29) is 40.9 Å². The van der Waals surface area contributed by atoms with E-state index in [0.29, 0.717) is 30.2 Å². The summed E-state index contributed by atoms with van der Waals surface area (Å²) in [4.78, 5) is 32.3. The van der Waals surface area contributed by atoms with Crippen LogP contribution in [-0.4, -0.2) is 54.0 Å². The molecule has 1 unspecified atom stereocenters. The Kier molecular flexibility index (Phi) is 7.00. The van der Waals surface area contributed by atoms with Crippen LogP contribution in [-0.2, 0) is 27.6 Å². The van der Waals surface area contributed by atoms with Crippen molar-refractivity contribution in [1.82, 2.24) is 19.4 Å². The summed E-state index contributed by atoms with van der Waals surface area (Å²) in [5.74, 6) is 0.415. The van der Waals surface area contributed by atoms with Crippen LogP contribution in [0.1, 0.15) is 66.0 Å². The molecule has 3 aromatic rings. The Balaban J connectivity index is 1.31. The van der Waals surface area contributed by atoms with Gasteiger partial charge in [0.15, 0.2) is 0 Å². The minimum absolute atomic E-state index is 0.00851. The van der Waals surface area contributed by atoms with Gasteiger partial charge in [-0.05, 0) is 61.8 Å². The number of nitrogens with zero attached hydrogens (tertiary/aromatic N) is 3. The largest absolute Gasteiger partial charge is 0.465 e. The maximum absolute atomic E-state index is 13.3. The van der Waals surface area contributed by atoms with Gasteiger partial charge in [0.25, 0.3) is 5.56 Å². The average Bonchev–Trinajstić information content (AvgIpc) is 3.42. The number of rotatable bonds is 6. The molecule has 1 saturated heterocycles. The monoisotopic (exact) mass is 526 g/mol. The number of piperidine rings is 1. The normalized spacial score (nSPS) is 18.9. The van der Waals surface area contributed by atoms with Gasteiger partial charge in [-0.15, -0.1) is 0 Å². The number of H-pyrrole nitrogens is 1. The number of hydrogen-bond donors (Lipinski definition) is 1. The van der Waals surface area contributed by atoms with E-state index in [1.54, 1.807) is 12.1 Å². The molecule has 5 rings (SSSR count). The lowest BCUT2D eigenvalue weighted by molar-refractivity contribution is 0.0596. The Labute approximate surface area is 215 Å². The highest BCUT2D eigenvalue weighted by molar-refractivity contribution is 7.89. The first-order chi connectivity index (χ1) is 17.8. The van der Waals surface area contributed by atoms with Crippen LogP contribution in [0, 0.1) is 5.92 Å². The van der Waals surface area contributed by atoms with E-state index in [1.165, 1.54) is 23.5 Å². The van der Waals surface area contributed by atoms with Crippen LogP contribution in [0.3, 0.4) is 0 Å². The topological polar surface area (TPSA) is 135 Å². The molecule has 1 aromatic carbocycles. The summed E-state index contributed by atoms with van der Waals surface area (Å²) in [6.07, 6.45) is 4.91. The van der Waals surface area contributed by atoms with Gasteiger partial charge < -0.3 is 14.2 Å². The van der Waals surface area contributed by atoms with Crippen molar-refractivity contribution < 1.29 is 22.5 Å². The van der Waals surface area contributed by atoms with Crippen molar-refractivity contribution in [3.63, 3.8) is 0 Å². The number of benzene rings is 1. The molecule has 10 nitrogen and oxygen atoms in total. The van der Waals surface area contributed by atoms with Crippen molar-refractivity contribution in [1.29, 1.82) is 0 Å². The molecule has 2 aliphatic rings. The SMILES string of the molecule is CCC1CCc2[nH]c(=O)c(-c3noc(C4CCN(S(=O)(=O)c5ccccc5C(=O)OC)CC4)n3)cc2C1. The number of aryl methyl sites for hydroxylation is 1. The van der Waals surface area contributed by atoms with Crippen molar-refractivity contribution >= 4 is 16.0 Å². The molecule has 3 heterocycles. The highest BCUT2D eigenvalue weighted by atomic mass is 32.2. The molecule has 0 amide bonds. The van der Waals surface area contributed by atoms with E-state index >= 15 is 0 Å². The zero-order valence-corrected chi connectivity index (χ0v) is 21.7. The van der Waals surface area contributed by atoms with E-state index in [1.807, 2.05) is 6.07 Å². The molecule has 0 spiro atoms. The molecule has 0 radical (unpaired) electrons. The summed E-state index contributed by atoms with van der Waals surface area (Å²) in [5, 5.41) is 4.08. The molecule has 1 aliphatic carbocycles. The van der Waals surface area contributed by atoms with Crippen LogP contribution in [0.2, 0.25) is 0 Å². The molecule has 196 valence electrons. The fraction of sp³-hybridized carbons (Fsp3) is 0.462. The molecular formula is C26H30N4O6S. The lowest BCUT2D eigenvalue weighted by Crippen LogP contribution is -2.38. The van der Waals surface area contributed by atoms with E-state index in [9.17, 15) is 18.0 Å². The number of esters is 1. The predicted molar refractivity (Wildman–Crippen MR) is 135 cm³/mol. The standard InChI is InChI=1S/C26H30N4O6S/c1-3-16-8-9-21-18(14-16)15-20(24(31)27-21)23-28-25(36-29-23)17-10-12-30(13-11-17)37(33,34)22-7-5-4-6-19(22)26(32)35-2/h4-7,15-17H,3,8-14H2,1-2H3,(H,27,31). The lowest BCUT2D eigenvalue weighted by atomic mass is 9.84. The number of methoxy groups -OCH3 is 1. The molecule has 1 aliphatic heterocycles. The second-order valence-electron chi connectivity index (χ2n) is 9.66. The van der Waals surface area contributed by atoms with Crippen LogP contribution in [0.15, 0.2) is 44.5 Å². The van der Waals surface area contributed by atoms with Gasteiger partial charge in [0.05, 0.1) is 23.1 Å². The van der Waals surface area contributed by atoms with Gasteiger partial charge in [-0.3, -0.25) is 4.79 Å². The van der Waals surface area contributed by atoms with Gasteiger partial charge in [0.1, 0.15) is 0 Å². The van der Waals surface area contributed by atoms with Gasteiger partial charge in [-0.1, -0.05) is 30.6 Å². The van der Waals surface area contributed by atoms with E-state index in [0.717, 1.165) is 36.9 Å². The Morgan fingerprint density at radius 2 is 1.97 bits per heavy atom. The molecule has 1 atom stereocenters. The van der Waals surface area contributed by atoms with Crippen LogP contribution in [0.4, 0.5) is 0 Å². The van der Waals surface area contributed by atoms with Crippen LogP contribution < -0.4 is 5.56 Å². The third kappa shape index (κ3) is 4.85. The van der Waals surface area contributed by atoms with E-state index in [4.69, 9.17) is 9.26 Å². The second kappa shape index (κ2) is 10.2. The zero-order chi connectivity index (χ0) is 26.2. The molecule has 37 heavy (non-hydrogen) atoms. The Morgan fingerprint density at radius 3 is 2.70 bits per heavy atom. The molecule has 0 bridgehead atoms. The first kappa shape index (κ1) is 25.3. The Morgan fingerprint density at radius 1 is 1.22 bits per heavy atom. The lowest BCUT2D eigenvalue weighted by Gasteiger charge is -2.30. The smallest absolute Gasteiger partial charge is 0.339 e. The van der Waals surface area contributed by atoms with Crippen molar-refractivity contribution in [3.8, 4) is 11.4 Å². The molecule has 0 saturated carbocycles. The molecule has 11 heteroatoms. The molecule has 2 aromatic heterocycles. The fourth-order valence-corrected chi connectivity index (χ4v) is 6.91. The van der Waals surface area contributed by atoms with Crippen molar-refractivity contribution in [3.05, 3.63) is 63.4 Å². The van der Waals surface area contributed by atoms with E-state index in [2.05, 4.69) is 22.0 Å². The third-order valence-corrected chi connectivity index (χ3v) is 9.46. The average molecular weight is 527 g/mol. The number of fused-ring (bicyclic) bond motifs is 1. The molecule has 1 fully saturated rings. The minimum Gasteiger partial charge on any atom is -0.465 e. The van der Waals surface area contributed by atoms with Gasteiger partial charge in [0.2, 0.25) is 21.7 Å². The number of nitrogens with one attached hydrogen (secondary N) is 1. The Bertz CT molecular complexity index is 1470. The minimum atomic E-state index is -3.89. The number of aromatic nitrogens is 3. The number of pyridine rings is 1. The number of sulfonamides is 1. The van der Waals surface area contributed by atoms with Gasteiger partial charge in [0, 0.05) is 24.7 Å². The van der Waals surface area contributed by atoms with Gasteiger partial charge in [-0.25, -0.2) is 13.2 Å². The maximum Gasteiger partial charge on any atom is 0.339 e. The van der Waals surface area contributed by atoms with Crippen molar-refractivity contribution in [2.24, 2.45) is 5.92 Å². The van der Waals surface area contributed by atoms with Crippen molar-refractivity contribution in [2.75, 3.05) is 20.2 Å². The molecule has 1 N–H and O–H groups in total. The zero-order valence-electron chi connectivity index (χ0n) is 20.9.